The van der Waals surface area contributed by atoms with Gasteiger partial charge in [-0.2, -0.15) is 0 Å². The highest BCUT2D eigenvalue weighted by Gasteiger charge is 2.29. The smallest absolute Gasteiger partial charge is 0.223 e. The molecule has 1 aromatic heterocycles. The van der Waals surface area contributed by atoms with Crippen LogP contribution in [0.5, 0.6) is 5.88 Å². The van der Waals surface area contributed by atoms with E-state index in [2.05, 4.69) is 20.9 Å². The molecule has 2 amide bonds. The molecule has 196 valence electrons. The number of benzene rings is 1. The molecule has 0 spiro atoms. The highest BCUT2D eigenvalue weighted by atomic mass is 35.5. The molecule has 0 bridgehead atoms. The van der Waals surface area contributed by atoms with Crippen LogP contribution in [0.25, 0.3) is 0 Å². The van der Waals surface area contributed by atoms with Crippen LogP contribution in [0.4, 0.5) is 0 Å². The van der Waals surface area contributed by atoms with E-state index in [0.717, 1.165) is 23.1 Å². The van der Waals surface area contributed by atoms with Gasteiger partial charge >= 0.3 is 0 Å². The first-order valence-corrected chi connectivity index (χ1v) is 12.6. The SMILES string of the molecule is CCC(C)C(=O)NCc1ccc(Cl)c(C2NC(=O)CC(c3ccc(OCCOCCOC)nc3)N2)c1. The molecular weight excluding hydrogens is 484 g/mol. The fourth-order valence-corrected chi connectivity index (χ4v) is 3.92. The maximum absolute atomic E-state index is 12.5. The Bertz CT molecular complexity index is 1000. The van der Waals surface area contributed by atoms with Gasteiger partial charge < -0.3 is 24.8 Å². The molecule has 1 saturated heterocycles. The lowest BCUT2D eigenvalue weighted by molar-refractivity contribution is -0.125. The van der Waals surface area contributed by atoms with E-state index in [1.54, 1.807) is 25.4 Å². The molecule has 3 atom stereocenters. The van der Waals surface area contributed by atoms with Gasteiger partial charge in [-0.15, -0.1) is 0 Å². The van der Waals surface area contributed by atoms with Crippen molar-refractivity contribution in [2.75, 3.05) is 33.5 Å². The van der Waals surface area contributed by atoms with E-state index >= 15 is 0 Å². The summed E-state index contributed by atoms with van der Waals surface area (Å²) in [6, 6.07) is 8.99. The number of methoxy groups -OCH3 is 1. The van der Waals surface area contributed by atoms with Crippen molar-refractivity contribution < 1.29 is 23.8 Å². The van der Waals surface area contributed by atoms with Crippen LogP contribution < -0.4 is 20.7 Å². The van der Waals surface area contributed by atoms with E-state index < -0.39 is 6.17 Å². The van der Waals surface area contributed by atoms with E-state index in [1.165, 1.54) is 0 Å². The van der Waals surface area contributed by atoms with Crippen LogP contribution in [0, 0.1) is 5.92 Å². The van der Waals surface area contributed by atoms with E-state index in [9.17, 15) is 9.59 Å². The molecule has 0 radical (unpaired) electrons. The minimum absolute atomic E-state index is 0.0108. The Kier molecular flexibility index (Phi) is 10.9. The van der Waals surface area contributed by atoms with Crippen molar-refractivity contribution in [1.82, 2.24) is 20.9 Å². The number of nitrogens with one attached hydrogen (secondary N) is 3. The van der Waals surface area contributed by atoms with Crippen LogP contribution >= 0.6 is 11.6 Å². The summed E-state index contributed by atoms with van der Waals surface area (Å²) < 4.78 is 15.9. The molecule has 1 aromatic carbocycles. The summed E-state index contributed by atoms with van der Waals surface area (Å²) in [4.78, 5) is 29.1. The van der Waals surface area contributed by atoms with Crippen molar-refractivity contribution in [2.45, 2.75) is 45.4 Å². The summed E-state index contributed by atoms with van der Waals surface area (Å²) in [5.74, 6) is 0.359. The molecule has 36 heavy (non-hydrogen) atoms. The van der Waals surface area contributed by atoms with Crippen molar-refractivity contribution in [2.24, 2.45) is 5.92 Å². The van der Waals surface area contributed by atoms with Crippen LogP contribution in [-0.4, -0.2) is 50.3 Å². The number of rotatable bonds is 13. The van der Waals surface area contributed by atoms with Crippen molar-refractivity contribution >= 4 is 23.4 Å². The number of aromatic nitrogens is 1. The summed E-state index contributed by atoms with van der Waals surface area (Å²) in [5, 5.41) is 9.89. The highest BCUT2D eigenvalue weighted by Crippen LogP contribution is 2.30. The maximum atomic E-state index is 12.5. The lowest BCUT2D eigenvalue weighted by Crippen LogP contribution is -2.46. The zero-order chi connectivity index (χ0) is 25.9. The number of nitrogens with zero attached hydrogens (tertiary/aromatic N) is 1. The van der Waals surface area contributed by atoms with Gasteiger partial charge in [0, 0.05) is 54.9 Å². The Morgan fingerprint density at radius 3 is 2.75 bits per heavy atom. The van der Waals surface area contributed by atoms with Crippen molar-refractivity contribution in [3.05, 3.63) is 58.2 Å². The number of carbonyl (C=O) groups is 2. The second-order valence-electron chi connectivity index (χ2n) is 8.69. The molecule has 10 heteroatoms. The molecule has 9 nitrogen and oxygen atoms in total. The number of halogens is 1. The molecule has 2 aromatic rings. The second-order valence-corrected chi connectivity index (χ2v) is 9.10. The lowest BCUT2D eigenvalue weighted by atomic mass is 9.99. The standard InChI is InChI=1S/C26H35ClN4O5/c1-4-17(2)26(33)29-15-18-5-7-21(27)20(13-18)25-30-22(14-23(32)31-25)19-6-8-24(28-16-19)36-12-11-35-10-9-34-3/h5-8,13,16-17,22,25,30H,4,9-12,14-15H2,1-3H3,(H,29,33)(H,31,32). The third-order valence-electron chi connectivity index (χ3n) is 6.03. The summed E-state index contributed by atoms with van der Waals surface area (Å²) in [7, 11) is 1.63. The van der Waals surface area contributed by atoms with Gasteiger partial charge in [0.2, 0.25) is 17.7 Å². The fraction of sp³-hybridized carbons (Fsp3) is 0.500. The third kappa shape index (κ3) is 8.16. The molecule has 3 N–H and O–H groups in total. The Hall–Kier alpha value is -2.72. The normalized spacial score (nSPS) is 18.4. The minimum atomic E-state index is -0.478. The Labute approximate surface area is 217 Å². The van der Waals surface area contributed by atoms with Gasteiger partial charge in [0.25, 0.3) is 0 Å². The first kappa shape index (κ1) is 27.9. The third-order valence-corrected chi connectivity index (χ3v) is 6.38. The summed E-state index contributed by atoms with van der Waals surface area (Å²) in [6.45, 7) is 6.16. The predicted octanol–water partition coefficient (Wildman–Crippen LogP) is 3.29. The average Bonchev–Trinajstić information content (AvgIpc) is 2.89. The number of ether oxygens (including phenoxy) is 3. The van der Waals surface area contributed by atoms with Gasteiger partial charge in [-0.05, 0) is 29.7 Å². The van der Waals surface area contributed by atoms with Gasteiger partial charge in [0.1, 0.15) is 12.8 Å². The molecule has 0 aliphatic carbocycles. The van der Waals surface area contributed by atoms with Gasteiger partial charge in [-0.25, -0.2) is 4.98 Å². The van der Waals surface area contributed by atoms with Crippen molar-refractivity contribution in [3.63, 3.8) is 0 Å². The summed E-state index contributed by atoms with van der Waals surface area (Å²) >= 11 is 6.49. The molecular formula is C26H35ClN4O5. The molecule has 3 unspecified atom stereocenters. The molecule has 1 aliphatic heterocycles. The Morgan fingerprint density at radius 1 is 1.22 bits per heavy atom. The molecule has 1 aliphatic rings. The first-order valence-electron chi connectivity index (χ1n) is 12.2. The number of carbonyl (C=O) groups excluding carboxylic acids is 2. The van der Waals surface area contributed by atoms with Crippen molar-refractivity contribution in [1.29, 1.82) is 0 Å². The predicted molar refractivity (Wildman–Crippen MR) is 137 cm³/mol. The lowest BCUT2D eigenvalue weighted by Gasteiger charge is -2.32. The topological polar surface area (TPSA) is 111 Å². The Morgan fingerprint density at radius 2 is 2.03 bits per heavy atom. The van der Waals surface area contributed by atoms with Crippen LogP contribution in [0.2, 0.25) is 5.02 Å². The number of hydrogen-bond acceptors (Lipinski definition) is 7. The van der Waals surface area contributed by atoms with E-state index in [-0.39, 0.29) is 30.2 Å². The van der Waals surface area contributed by atoms with Gasteiger partial charge in [0.15, 0.2) is 0 Å². The Balaban J connectivity index is 1.61. The second kappa shape index (κ2) is 14.1. The van der Waals surface area contributed by atoms with E-state index in [4.69, 9.17) is 25.8 Å². The number of hydrogen-bond donors (Lipinski definition) is 3. The summed E-state index contributed by atoms with van der Waals surface area (Å²) in [6.07, 6.45) is 2.28. The monoisotopic (exact) mass is 518 g/mol. The molecule has 1 fully saturated rings. The molecule has 0 saturated carbocycles. The minimum Gasteiger partial charge on any atom is -0.475 e. The van der Waals surface area contributed by atoms with Gasteiger partial charge in [-0.3, -0.25) is 14.9 Å². The van der Waals surface area contributed by atoms with Crippen molar-refractivity contribution in [3.8, 4) is 5.88 Å². The summed E-state index contributed by atoms with van der Waals surface area (Å²) in [5.41, 5.74) is 2.51. The number of amides is 2. The largest absolute Gasteiger partial charge is 0.475 e. The molecule has 3 rings (SSSR count). The number of pyridine rings is 1. The fourth-order valence-electron chi connectivity index (χ4n) is 3.69. The van der Waals surface area contributed by atoms with Gasteiger partial charge in [-0.1, -0.05) is 37.6 Å². The van der Waals surface area contributed by atoms with Crippen LogP contribution in [-0.2, 0) is 25.6 Å². The van der Waals surface area contributed by atoms with Crippen LogP contribution in [0.15, 0.2) is 36.5 Å². The average molecular weight is 519 g/mol. The quantitative estimate of drug-likeness (QED) is 0.349. The van der Waals surface area contributed by atoms with Crippen LogP contribution in [0.1, 0.15) is 55.6 Å². The van der Waals surface area contributed by atoms with E-state index in [0.29, 0.717) is 43.9 Å². The van der Waals surface area contributed by atoms with Gasteiger partial charge in [0.05, 0.1) is 19.8 Å². The van der Waals surface area contributed by atoms with Crippen LogP contribution in [0.3, 0.4) is 0 Å². The maximum Gasteiger partial charge on any atom is 0.223 e. The first-order chi connectivity index (χ1) is 17.4. The molecule has 2 heterocycles. The zero-order valence-electron chi connectivity index (χ0n) is 21.0. The van der Waals surface area contributed by atoms with E-state index in [1.807, 2.05) is 32.0 Å². The highest BCUT2D eigenvalue weighted by molar-refractivity contribution is 6.31. The zero-order valence-corrected chi connectivity index (χ0v) is 21.8.